The lowest BCUT2D eigenvalue weighted by atomic mass is 10.0. The minimum atomic E-state index is -0.206. The predicted molar refractivity (Wildman–Crippen MR) is 126 cm³/mol. The zero-order chi connectivity index (χ0) is 22.9. The van der Waals surface area contributed by atoms with Crippen LogP contribution in [0.15, 0.2) is 59.7 Å². The molecule has 0 aliphatic carbocycles. The summed E-state index contributed by atoms with van der Waals surface area (Å²) in [6, 6.07) is 13.9. The molecule has 2 N–H and O–H groups in total. The number of aromatic amines is 1. The molecule has 2 heterocycles. The lowest BCUT2D eigenvalue weighted by Gasteiger charge is -2.30. The van der Waals surface area contributed by atoms with E-state index in [1.54, 1.807) is 31.5 Å². The molecule has 3 aromatic rings. The Kier molecular flexibility index (Phi) is 8.27. The number of H-pyrrole nitrogens is 1. The van der Waals surface area contributed by atoms with Gasteiger partial charge in [0.05, 0.1) is 6.04 Å². The largest absolute Gasteiger partial charge is 0.354 e. The van der Waals surface area contributed by atoms with Crippen molar-refractivity contribution in [3.8, 4) is 11.4 Å². The third kappa shape index (κ3) is 5.88. The number of carbonyl (C=O) groups is 1. The number of hydrogen-bond acceptors (Lipinski definition) is 5. The molecule has 7 heteroatoms. The van der Waals surface area contributed by atoms with Crippen molar-refractivity contribution in [1.29, 1.82) is 0 Å². The van der Waals surface area contributed by atoms with Crippen molar-refractivity contribution in [2.75, 3.05) is 19.6 Å². The summed E-state index contributed by atoms with van der Waals surface area (Å²) < 4.78 is 0. The molecule has 0 spiro atoms. The lowest BCUT2D eigenvalue weighted by Crippen LogP contribution is -2.38. The molecular formula is C25H31N5O2. The van der Waals surface area contributed by atoms with Gasteiger partial charge < -0.3 is 10.3 Å². The Hall–Kier alpha value is -3.32. The number of benzene rings is 1. The van der Waals surface area contributed by atoms with Crippen LogP contribution >= 0.6 is 0 Å². The number of nitrogens with one attached hydrogen (secondary N) is 2. The predicted octanol–water partition coefficient (Wildman–Crippen LogP) is 3.27. The molecule has 1 atom stereocenters. The summed E-state index contributed by atoms with van der Waals surface area (Å²) in [5, 5.41) is 3.06. The summed E-state index contributed by atoms with van der Waals surface area (Å²) >= 11 is 0. The van der Waals surface area contributed by atoms with Gasteiger partial charge in [0.2, 0.25) is 5.91 Å². The van der Waals surface area contributed by atoms with Crippen LogP contribution in [0.1, 0.15) is 43.1 Å². The van der Waals surface area contributed by atoms with E-state index in [-0.39, 0.29) is 23.9 Å². The maximum atomic E-state index is 12.6. The van der Waals surface area contributed by atoms with E-state index in [2.05, 4.69) is 51.1 Å². The number of likely N-dealkylation sites (N-methyl/N-ethyl adjacent to an activating group) is 1. The number of nitrogens with zero attached hydrogens (tertiary/aromatic N) is 3. The van der Waals surface area contributed by atoms with Crippen molar-refractivity contribution in [1.82, 2.24) is 25.2 Å². The molecule has 0 aliphatic rings. The van der Waals surface area contributed by atoms with Crippen molar-refractivity contribution in [3.63, 3.8) is 0 Å². The topological polar surface area (TPSA) is 91.0 Å². The molecule has 168 valence electrons. The number of aromatic nitrogens is 3. The maximum absolute atomic E-state index is 12.6. The van der Waals surface area contributed by atoms with E-state index in [9.17, 15) is 9.59 Å². The van der Waals surface area contributed by atoms with E-state index in [1.165, 1.54) is 5.56 Å². The number of aryl methyl sites for hydroxylation is 1. The number of hydrogen-bond donors (Lipinski definition) is 2. The van der Waals surface area contributed by atoms with E-state index in [0.717, 1.165) is 18.7 Å². The van der Waals surface area contributed by atoms with Crippen LogP contribution in [0.2, 0.25) is 0 Å². The van der Waals surface area contributed by atoms with Gasteiger partial charge in [-0.15, -0.1) is 0 Å². The van der Waals surface area contributed by atoms with Crippen molar-refractivity contribution >= 4 is 5.91 Å². The van der Waals surface area contributed by atoms with Gasteiger partial charge in [0.15, 0.2) is 0 Å². The number of pyridine rings is 1. The normalized spacial score (nSPS) is 12.0. The van der Waals surface area contributed by atoms with Gasteiger partial charge in [0.1, 0.15) is 5.82 Å². The summed E-state index contributed by atoms with van der Waals surface area (Å²) in [5.41, 5.74) is 2.95. The fourth-order valence-corrected chi connectivity index (χ4v) is 3.89. The Bertz CT molecular complexity index is 1060. The van der Waals surface area contributed by atoms with Gasteiger partial charge in [-0.05, 0) is 44.1 Å². The lowest BCUT2D eigenvalue weighted by molar-refractivity contribution is -0.121. The first-order chi connectivity index (χ1) is 15.5. The summed E-state index contributed by atoms with van der Waals surface area (Å²) in [7, 11) is 0. The third-order valence-corrected chi connectivity index (χ3v) is 5.71. The highest BCUT2D eigenvalue weighted by atomic mass is 16.1. The van der Waals surface area contributed by atoms with E-state index < -0.39 is 0 Å². The Balaban J connectivity index is 1.63. The van der Waals surface area contributed by atoms with Gasteiger partial charge in [-0.2, -0.15) is 0 Å². The molecule has 7 nitrogen and oxygen atoms in total. The van der Waals surface area contributed by atoms with Crippen LogP contribution in [0.4, 0.5) is 0 Å². The average molecular weight is 434 g/mol. The van der Waals surface area contributed by atoms with E-state index >= 15 is 0 Å². The fraction of sp³-hybridized carbons (Fsp3) is 0.360. The standard InChI is InChI=1S/C25H31N5O2/c1-4-30(5-2)22(19-9-7-6-8-10-19)17-27-23(31)12-11-21-18(3)28-24(29-25(21)32)20-13-15-26-16-14-20/h6-10,13-16,22H,4-5,11-12,17H2,1-3H3,(H,27,31)(H,28,29,32). The monoisotopic (exact) mass is 433 g/mol. The summed E-state index contributed by atoms with van der Waals surface area (Å²) in [5.74, 6) is 0.433. The SMILES string of the molecule is CCN(CC)C(CNC(=O)CCc1c(C)nc(-c2ccncc2)[nH]c1=O)c1ccccc1. The molecular weight excluding hydrogens is 402 g/mol. The minimum Gasteiger partial charge on any atom is -0.354 e. The Morgan fingerprint density at radius 1 is 1.09 bits per heavy atom. The molecule has 3 rings (SSSR count). The Morgan fingerprint density at radius 3 is 2.41 bits per heavy atom. The first-order valence-electron chi connectivity index (χ1n) is 11.1. The van der Waals surface area contributed by atoms with Crippen LogP contribution in [-0.4, -0.2) is 45.4 Å². The van der Waals surface area contributed by atoms with E-state index in [1.807, 2.05) is 18.2 Å². The minimum absolute atomic E-state index is 0.0740. The Labute approximate surface area is 188 Å². The van der Waals surface area contributed by atoms with Gasteiger partial charge >= 0.3 is 0 Å². The van der Waals surface area contributed by atoms with Gasteiger partial charge in [-0.25, -0.2) is 4.98 Å². The van der Waals surface area contributed by atoms with Crippen LogP contribution in [0.3, 0.4) is 0 Å². The molecule has 32 heavy (non-hydrogen) atoms. The zero-order valence-corrected chi connectivity index (χ0v) is 19.0. The third-order valence-electron chi connectivity index (χ3n) is 5.71. The summed E-state index contributed by atoms with van der Waals surface area (Å²) in [6.45, 7) is 8.38. The zero-order valence-electron chi connectivity index (χ0n) is 19.0. The highest BCUT2D eigenvalue weighted by Crippen LogP contribution is 2.19. The van der Waals surface area contributed by atoms with Crippen molar-refractivity contribution in [2.24, 2.45) is 0 Å². The van der Waals surface area contributed by atoms with Crippen LogP contribution in [0.5, 0.6) is 0 Å². The second-order valence-corrected chi connectivity index (χ2v) is 7.67. The fourth-order valence-electron chi connectivity index (χ4n) is 3.89. The maximum Gasteiger partial charge on any atom is 0.254 e. The highest BCUT2D eigenvalue weighted by Gasteiger charge is 2.19. The second-order valence-electron chi connectivity index (χ2n) is 7.67. The number of amides is 1. The number of rotatable bonds is 10. The van der Waals surface area contributed by atoms with Crippen molar-refractivity contribution in [2.45, 2.75) is 39.7 Å². The molecule has 0 bridgehead atoms. The smallest absolute Gasteiger partial charge is 0.254 e. The molecule has 2 aromatic heterocycles. The summed E-state index contributed by atoms with van der Waals surface area (Å²) in [4.78, 5) is 38.9. The molecule has 0 saturated carbocycles. The summed E-state index contributed by atoms with van der Waals surface area (Å²) in [6.07, 6.45) is 3.89. The second kappa shape index (κ2) is 11.3. The molecule has 0 aliphatic heterocycles. The Morgan fingerprint density at radius 2 is 1.78 bits per heavy atom. The van der Waals surface area contributed by atoms with Crippen LogP contribution in [-0.2, 0) is 11.2 Å². The van der Waals surface area contributed by atoms with Crippen LogP contribution < -0.4 is 10.9 Å². The average Bonchev–Trinajstić information content (AvgIpc) is 2.82. The van der Waals surface area contributed by atoms with Crippen LogP contribution in [0.25, 0.3) is 11.4 Å². The first-order valence-corrected chi connectivity index (χ1v) is 11.1. The molecule has 0 saturated heterocycles. The molecule has 1 unspecified atom stereocenters. The van der Waals surface area contributed by atoms with E-state index in [4.69, 9.17) is 0 Å². The molecule has 1 amide bonds. The van der Waals surface area contributed by atoms with Gasteiger partial charge in [-0.3, -0.25) is 19.5 Å². The van der Waals surface area contributed by atoms with E-state index in [0.29, 0.717) is 30.0 Å². The number of carbonyl (C=O) groups excluding carboxylic acids is 1. The van der Waals surface area contributed by atoms with Gasteiger partial charge in [0.25, 0.3) is 5.56 Å². The van der Waals surface area contributed by atoms with Gasteiger partial charge in [-0.1, -0.05) is 44.2 Å². The van der Waals surface area contributed by atoms with Crippen molar-refractivity contribution in [3.05, 3.63) is 82.0 Å². The molecule has 0 fully saturated rings. The first kappa shape index (κ1) is 23.3. The van der Waals surface area contributed by atoms with Gasteiger partial charge in [0, 0.05) is 42.2 Å². The quantitative estimate of drug-likeness (QED) is 0.512. The highest BCUT2D eigenvalue weighted by molar-refractivity contribution is 5.76. The van der Waals surface area contributed by atoms with Crippen molar-refractivity contribution < 1.29 is 4.79 Å². The van der Waals surface area contributed by atoms with Crippen LogP contribution in [0, 0.1) is 6.92 Å². The molecule has 1 aromatic carbocycles. The molecule has 0 radical (unpaired) electrons.